The molecule has 3 nitrogen and oxygen atoms in total. The van der Waals surface area contributed by atoms with E-state index in [-0.39, 0.29) is 19.0 Å². The summed E-state index contributed by atoms with van der Waals surface area (Å²) in [7, 11) is 1.70. The number of alkyl halides is 3. The molecule has 4 rings (SSSR count). The molecule has 2 N–H and O–H groups in total. The van der Waals surface area contributed by atoms with Crippen LogP contribution in [0.1, 0.15) is 17.2 Å². The van der Waals surface area contributed by atoms with Gasteiger partial charge in [-0.3, -0.25) is 0 Å². The number of rotatable bonds is 6. The Morgan fingerprint density at radius 1 is 0.970 bits per heavy atom. The summed E-state index contributed by atoms with van der Waals surface area (Å²) in [6.45, 7) is 0.243. The summed E-state index contributed by atoms with van der Waals surface area (Å²) in [6, 6.07) is 17.8. The maximum absolute atomic E-state index is 14.0. The van der Waals surface area contributed by atoms with Gasteiger partial charge in [0.15, 0.2) is 0 Å². The molecular formula is C25H23ClF4N2O. The van der Waals surface area contributed by atoms with Gasteiger partial charge in [0.2, 0.25) is 0 Å². The topological polar surface area (TPSA) is 37.2 Å². The monoisotopic (exact) mass is 478 g/mol. The number of hydrogen-bond donors (Lipinski definition) is 2. The molecule has 2 atom stereocenters. The number of aromatic nitrogens is 1. The zero-order valence-corrected chi connectivity index (χ0v) is 18.5. The van der Waals surface area contributed by atoms with Crippen molar-refractivity contribution in [2.45, 2.75) is 18.3 Å². The standard InChI is InChI=1S/C25H22F4N2O.ClH/c1-30-14-23(32)24(17-7-5-9-19(26)13-17)31-15-21(20-10-2-3-11-22(20)31)16-6-4-8-18(12-16)25(27,28)29;/h2-13,15,23-24,30,32H,14H2,1H3;1H/t23-,24+;/m1./s1. The van der Waals surface area contributed by atoms with Crippen molar-refractivity contribution in [2.75, 3.05) is 13.6 Å². The fourth-order valence-electron chi connectivity index (χ4n) is 4.11. The Morgan fingerprint density at radius 3 is 2.39 bits per heavy atom. The van der Waals surface area contributed by atoms with E-state index < -0.39 is 29.7 Å². The van der Waals surface area contributed by atoms with Gasteiger partial charge in [-0.15, -0.1) is 12.4 Å². The second kappa shape index (κ2) is 9.95. The lowest BCUT2D eigenvalue weighted by Gasteiger charge is -2.26. The molecule has 8 heteroatoms. The molecule has 0 saturated heterocycles. The summed E-state index contributed by atoms with van der Waals surface area (Å²) in [6.07, 6.45) is -3.64. The third-order valence-electron chi connectivity index (χ3n) is 5.51. The summed E-state index contributed by atoms with van der Waals surface area (Å²) in [5.74, 6) is -0.432. The van der Waals surface area contributed by atoms with Crippen LogP contribution in [0.5, 0.6) is 0 Å². The van der Waals surface area contributed by atoms with Crippen LogP contribution in [0.4, 0.5) is 17.6 Å². The van der Waals surface area contributed by atoms with Crippen molar-refractivity contribution in [3.63, 3.8) is 0 Å². The van der Waals surface area contributed by atoms with E-state index in [4.69, 9.17) is 0 Å². The van der Waals surface area contributed by atoms with Gasteiger partial charge in [0, 0.05) is 29.2 Å². The third kappa shape index (κ3) is 5.05. The van der Waals surface area contributed by atoms with Crippen molar-refractivity contribution < 1.29 is 22.7 Å². The molecule has 0 unspecified atom stereocenters. The lowest BCUT2D eigenvalue weighted by molar-refractivity contribution is -0.137. The van der Waals surface area contributed by atoms with Gasteiger partial charge < -0.3 is 15.0 Å². The van der Waals surface area contributed by atoms with Crippen LogP contribution in [-0.4, -0.2) is 29.4 Å². The van der Waals surface area contributed by atoms with Crippen molar-refractivity contribution in [2.24, 2.45) is 0 Å². The molecule has 0 aliphatic rings. The average molecular weight is 479 g/mol. The zero-order chi connectivity index (χ0) is 22.9. The van der Waals surface area contributed by atoms with E-state index in [0.717, 1.165) is 23.0 Å². The Labute approximate surface area is 195 Å². The first-order valence-corrected chi connectivity index (χ1v) is 10.1. The van der Waals surface area contributed by atoms with Crippen molar-refractivity contribution >= 4 is 23.3 Å². The minimum Gasteiger partial charge on any atom is -0.389 e. The van der Waals surface area contributed by atoms with Crippen molar-refractivity contribution in [1.82, 2.24) is 9.88 Å². The Kier molecular flexibility index (Phi) is 7.47. The summed E-state index contributed by atoms with van der Waals surface area (Å²) < 4.78 is 55.7. The molecule has 0 spiro atoms. The van der Waals surface area contributed by atoms with E-state index in [1.165, 1.54) is 18.2 Å². The first-order chi connectivity index (χ1) is 15.3. The van der Waals surface area contributed by atoms with E-state index in [9.17, 15) is 22.7 Å². The van der Waals surface area contributed by atoms with Gasteiger partial charge >= 0.3 is 6.18 Å². The second-order valence-electron chi connectivity index (χ2n) is 7.67. The number of fused-ring (bicyclic) bond motifs is 1. The van der Waals surface area contributed by atoms with Crippen LogP contribution < -0.4 is 5.32 Å². The molecule has 0 radical (unpaired) electrons. The fourth-order valence-corrected chi connectivity index (χ4v) is 4.11. The zero-order valence-electron chi connectivity index (χ0n) is 17.7. The van der Waals surface area contributed by atoms with Gasteiger partial charge in [0.25, 0.3) is 0 Å². The maximum atomic E-state index is 14.0. The highest BCUT2D eigenvalue weighted by molar-refractivity contribution is 5.96. The minimum absolute atomic E-state index is 0. The van der Waals surface area contributed by atoms with Gasteiger partial charge in [-0.05, 0) is 48.5 Å². The highest BCUT2D eigenvalue weighted by Gasteiger charge is 2.31. The highest BCUT2D eigenvalue weighted by atomic mass is 35.5. The van der Waals surface area contributed by atoms with Crippen molar-refractivity contribution in [3.05, 3.63) is 95.9 Å². The number of halogens is 5. The van der Waals surface area contributed by atoms with Crippen LogP contribution in [0, 0.1) is 5.82 Å². The lowest BCUT2D eigenvalue weighted by atomic mass is 10.0. The number of benzene rings is 3. The molecule has 4 aromatic rings. The number of nitrogens with one attached hydrogen (secondary N) is 1. The van der Waals surface area contributed by atoms with Gasteiger partial charge in [-0.1, -0.05) is 42.5 Å². The molecule has 3 aromatic carbocycles. The Balaban J connectivity index is 0.00000306. The molecule has 33 heavy (non-hydrogen) atoms. The average Bonchev–Trinajstić information content (AvgIpc) is 3.13. The Hall–Kier alpha value is -2.87. The first-order valence-electron chi connectivity index (χ1n) is 10.1. The molecule has 0 amide bonds. The van der Waals surface area contributed by atoms with E-state index in [0.29, 0.717) is 16.7 Å². The summed E-state index contributed by atoms with van der Waals surface area (Å²) in [5.41, 5.74) is 1.57. The van der Waals surface area contributed by atoms with E-state index >= 15 is 0 Å². The SMILES string of the molecule is CNC[C@@H](O)[C@H](c1cccc(F)c1)n1cc(-c2cccc(C(F)(F)F)c2)c2ccccc21.Cl. The molecule has 0 aliphatic heterocycles. The van der Waals surface area contributed by atoms with Crippen LogP contribution in [0.2, 0.25) is 0 Å². The maximum Gasteiger partial charge on any atom is 0.416 e. The lowest BCUT2D eigenvalue weighted by Crippen LogP contribution is -2.33. The molecule has 0 fully saturated rings. The molecule has 0 aliphatic carbocycles. The summed E-state index contributed by atoms with van der Waals surface area (Å²) >= 11 is 0. The van der Waals surface area contributed by atoms with E-state index in [2.05, 4.69) is 5.32 Å². The molecule has 174 valence electrons. The van der Waals surface area contributed by atoms with Crippen molar-refractivity contribution in [3.8, 4) is 11.1 Å². The molecule has 0 bridgehead atoms. The third-order valence-corrected chi connectivity index (χ3v) is 5.51. The molecular weight excluding hydrogens is 456 g/mol. The van der Waals surface area contributed by atoms with Crippen LogP contribution in [0.15, 0.2) is 79.0 Å². The van der Waals surface area contributed by atoms with Crippen molar-refractivity contribution in [1.29, 1.82) is 0 Å². The Morgan fingerprint density at radius 2 is 1.70 bits per heavy atom. The van der Waals surface area contributed by atoms with Gasteiger partial charge in [0.1, 0.15) is 5.82 Å². The van der Waals surface area contributed by atoms with Crippen LogP contribution in [-0.2, 0) is 6.18 Å². The first kappa shape index (κ1) is 24.8. The van der Waals surface area contributed by atoms with Crippen LogP contribution in [0.3, 0.4) is 0 Å². The molecule has 0 saturated carbocycles. The highest BCUT2D eigenvalue weighted by Crippen LogP contribution is 2.38. The number of aliphatic hydroxyl groups is 1. The van der Waals surface area contributed by atoms with Gasteiger partial charge in [0.05, 0.1) is 17.7 Å². The van der Waals surface area contributed by atoms with E-state index in [1.807, 2.05) is 28.8 Å². The normalized spacial score (nSPS) is 13.5. The largest absolute Gasteiger partial charge is 0.416 e. The predicted molar refractivity (Wildman–Crippen MR) is 124 cm³/mol. The quantitative estimate of drug-likeness (QED) is 0.331. The number of para-hydroxylation sites is 1. The summed E-state index contributed by atoms with van der Waals surface area (Å²) in [5, 5.41) is 14.6. The second-order valence-corrected chi connectivity index (χ2v) is 7.67. The van der Waals surface area contributed by atoms with Crippen LogP contribution >= 0.6 is 12.4 Å². The molecule has 1 aromatic heterocycles. The minimum atomic E-state index is -4.46. The van der Waals surface area contributed by atoms with E-state index in [1.54, 1.807) is 31.4 Å². The number of hydrogen-bond acceptors (Lipinski definition) is 2. The number of likely N-dealkylation sites (N-methyl/N-ethyl adjacent to an activating group) is 1. The number of aliphatic hydroxyl groups excluding tert-OH is 1. The van der Waals surface area contributed by atoms with Gasteiger partial charge in [-0.2, -0.15) is 13.2 Å². The number of nitrogens with zero attached hydrogens (tertiary/aromatic N) is 1. The smallest absolute Gasteiger partial charge is 0.389 e. The summed E-state index contributed by atoms with van der Waals surface area (Å²) in [4.78, 5) is 0. The van der Waals surface area contributed by atoms with Gasteiger partial charge in [-0.25, -0.2) is 4.39 Å². The molecule has 1 heterocycles. The fraction of sp³-hybridized carbons (Fsp3) is 0.200. The van der Waals surface area contributed by atoms with Crippen LogP contribution in [0.25, 0.3) is 22.0 Å². The predicted octanol–water partition coefficient (Wildman–Crippen LogP) is 6.06. The Bertz CT molecular complexity index is 1240.